The Morgan fingerprint density at radius 2 is 1.30 bits per heavy atom. The van der Waals surface area contributed by atoms with Crippen LogP contribution < -0.4 is 5.32 Å². The first-order valence-electron chi connectivity index (χ1n) is 9.54. The Morgan fingerprint density at radius 3 is 1.73 bits per heavy atom. The molecule has 0 amide bonds. The van der Waals surface area contributed by atoms with Crippen LogP contribution in [-0.4, -0.2) is 28.2 Å². The van der Waals surface area contributed by atoms with Gasteiger partial charge < -0.3 is 5.32 Å². The third-order valence-corrected chi connectivity index (χ3v) is 4.49. The Hall–Kier alpha value is -3.65. The molecule has 1 saturated heterocycles. The van der Waals surface area contributed by atoms with Gasteiger partial charge in [-0.15, -0.1) is 0 Å². The molecular formula is C22H23N3O5. The number of non-ortho nitro benzene ring substituents is 2. The van der Waals surface area contributed by atoms with Crippen molar-refractivity contribution in [1.29, 1.82) is 0 Å². The van der Waals surface area contributed by atoms with Gasteiger partial charge in [-0.2, -0.15) is 0 Å². The van der Waals surface area contributed by atoms with E-state index < -0.39 is 9.85 Å². The first kappa shape index (κ1) is 22.6. The summed E-state index contributed by atoms with van der Waals surface area (Å²) in [5.41, 5.74) is 2.46. The highest BCUT2D eigenvalue weighted by Crippen LogP contribution is 2.23. The quantitative estimate of drug-likeness (QED) is 0.450. The number of ketones is 1. The van der Waals surface area contributed by atoms with Gasteiger partial charge in [-0.05, 0) is 54.5 Å². The highest BCUT2D eigenvalue weighted by molar-refractivity contribution is 6.15. The minimum Gasteiger partial charge on any atom is -0.306 e. The van der Waals surface area contributed by atoms with Crippen LogP contribution in [0.25, 0.3) is 12.2 Å². The van der Waals surface area contributed by atoms with Crippen LogP contribution in [0, 0.1) is 20.2 Å². The monoisotopic (exact) mass is 409 g/mol. The number of nitro groups is 2. The molecule has 1 N–H and O–H groups in total. The van der Waals surface area contributed by atoms with Crippen molar-refractivity contribution in [3.63, 3.8) is 0 Å². The summed E-state index contributed by atoms with van der Waals surface area (Å²) < 4.78 is 0. The zero-order valence-electron chi connectivity index (χ0n) is 17.0. The number of Topliss-reactive ketones (excluding diaryl/α,β-unsaturated/α-hetero) is 1. The maximum Gasteiger partial charge on any atom is 0.269 e. The summed E-state index contributed by atoms with van der Waals surface area (Å²) in [7, 11) is 0. The van der Waals surface area contributed by atoms with Gasteiger partial charge in [0.2, 0.25) is 0 Å². The van der Waals surface area contributed by atoms with Gasteiger partial charge in [0, 0.05) is 48.0 Å². The number of rotatable bonds is 4. The summed E-state index contributed by atoms with van der Waals surface area (Å²) in [6.45, 7) is 6.26. The summed E-state index contributed by atoms with van der Waals surface area (Å²) in [5, 5.41) is 24.7. The molecule has 2 aromatic rings. The van der Waals surface area contributed by atoms with Gasteiger partial charge >= 0.3 is 0 Å². The standard InChI is InChI=1S/C20H17N3O5.C2H6/c1-13-19(11-15-4-8-18(9-5-15)23(27)28)20(24)16(12-21-13)10-14-2-6-17(7-3-14)22(25)26;1-2/h2-11,13,21H,12H2,1H3;1-2H3/b16-10+,19-11+;. The number of nitrogens with one attached hydrogen (secondary N) is 1. The Morgan fingerprint density at radius 1 is 0.867 bits per heavy atom. The van der Waals surface area contributed by atoms with Gasteiger partial charge in [-0.3, -0.25) is 25.0 Å². The zero-order chi connectivity index (χ0) is 22.3. The van der Waals surface area contributed by atoms with Gasteiger partial charge in [0.05, 0.1) is 9.85 Å². The molecule has 0 aliphatic carbocycles. The molecule has 1 heterocycles. The molecule has 1 atom stereocenters. The van der Waals surface area contributed by atoms with Crippen LogP contribution in [0.15, 0.2) is 59.7 Å². The molecule has 156 valence electrons. The van der Waals surface area contributed by atoms with Crippen LogP contribution in [0.1, 0.15) is 31.9 Å². The van der Waals surface area contributed by atoms with Crippen molar-refractivity contribution < 1.29 is 14.6 Å². The maximum absolute atomic E-state index is 12.9. The van der Waals surface area contributed by atoms with Crippen LogP contribution in [-0.2, 0) is 4.79 Å². The molecule has 3 rings (SSSR count). The molecule has 0 radical (unpaired) electrons. The van der Waals surface area contributed by atoms with Crippen molar-refractivity contribution in [1.82, 2.24) is 5.32 Å². The largest absolute Gasteiger partial charge is 0.306 e. The van der Waals surface area contributed by atoms with Crippen molar-refractivity contribution >= 4 is 29.3 Å². The minimum absolute atomic E-state index is 0.0115. The molecule has 8 heteroatoms. The van der Waals surface area contributed by atoms with Crippen LogP contribution in [0.2, 0.25) is 0 Å². The molecule has 0 spiro atoms. The van der Waals surface area contributed by atoms with E-state index in [1.165, 1.54) is 24.3 Å². The predicted octanol–water partition coefficient (Wildman–Crippen LogP) is 4.56. The van der Waals surface area contributed by atoms with Crippen LogP contribution in [0.5, 0.6) is 0 Å². The fourth-order valence-corrected chi connectivity index (χ4v) is 2.91. The number of benzene rings is 2. The van der Waals surface area contributed by atoms with Gasteiger partial charge in [-0.1, -0.05) is 13.8 Å². The number of carbonyl (C=O) groups is 1. The number of nitrogens with zero attached hydrogens (tertiary/aromatic N) is 2. The summed E-state index contributed by atoms with van der Waals surface area (Å²) in [6, 6.07) is 11.8. The van der Waals surface area contributed by atoms with Crippen LogP contribution >= 0.6 is 0 Å². The molecule has 0 saturated carbocycles. The molecule has 1 aliphatic heterocycles. The normalized spacial score (nSPS) is 18.6. The second-order valence-electron chi connectivity index (χ2n) is 6.40. The second-order valence-corrected chi connectivity index (χ2v) is 6.40. The molecule has 30 heavy (non-hydrogen) atoms. The third kappa shape index (κ3) is 5.45. The Kier molecular flexibility index (Phi) is 7.71. The predicted molar refractivity (Wildman–Crippen MR) is 116 cm³/mol. The molecular weight excluding hydrogens is 386 g/mol. The number of hydrogen-bond donors (Lipinski definition) is 1. The number of hydrogen-bond acceptors (Lipinski definition) is 6. The molecule has 8 nitrogen and oxygen atoms in total. The lowest BCUT2D eigenvalue weighted by molar-refractivity contribution is -0.385. The minimum atomic E-state index is -0.475. The van der Waals surface area contributed by atoms with E-state index in [0.717, 1.165) is 0 Å². The van der Waals surface area contributed by atoms with Gasteiger partial charge in [0.1, 0.15) is 0 Å². The summed E-state index contributed by atoms with van der Waals surface area (Å²) >= 11 is 0. The summed E-state index contributed by atoms with van der Waals surface area (Å²) in [6.07, 6.45) is 3.42. The van der Waals surface area contributed by atoms with Gasteiger partial charge in [-0.25, -0.2) is 0 Å². The van der Waals surface area contributed by atoms with E-state index in [4.69, 9.17) is 0 Å². The van der Waals surface area contributed by atoms with E-state index in [1.807, 2.05) is 20.8 Å². The van der Waals surface area contributed by atoms with Gasteiger partial charge in [0.25, 0.3) is 11.4 Å². The topological polar surface area (TPSA) is 115 Å². The van der Waals surface area contributed by atoms with Crippen LogP contribution in [0.3, 0.4) is 0 Å². The van der Waals surface area contributed by atoms with Crippen LogP contribution in [0.4, 0.5) is 11.4 Å². The average molecular weight is 409 g/mol. The lowest BCUT2D eigenvalue weighted by Crippen LogP contribution is -2.40. The highest BCUT2D eigenvalue weighted by atomic mass is 16.6. The molecule has 1 aliphatic rings. The fraction of sp³-hybridized carbons (Fsp3) is 0.227. The second kappa shape index (κ2) is 10.2. The Balaban J connectivity index is 0.00000155. The first-order valence-corrected chi connectivity index (χ1v) is 9.54. The summed E-state index contributed by atoms with van der Waals surface area (Å²) in [4.78, 5) is 33.5. The molecule has 1 fully saturated rings. The average Bonchev–Trinajstić information content (AvgIpc) is 2.75. The van der Waals surface area contributed by atoms with E-state index in [-0.39, 0.29) is 23.2 Å². The third-order valence-electron chi connectivity index (χ3n) is 4.49. The van der Waals surface area contributed by atoms with E-state index >= 15 is 0 Å². The van der Waals surface area contributed by atoms with E-state index in [9.17, 15) is 25.0 Å². The number of carbonyl (C=O) groups excluding carboxylic acids is 1. The number of piperidine rings is 1. The van der Waals surface area contributed by atoms with Crippen molar-refractivity contribution in [2.45, 2.75) is 26.8 Å². The van der Waals surface area contributed by atoms with Crippen molar-refractivity contribution in [2.75, 3.05) is 6.54 Å². The smallest absolute Gasteiger partial charge is 0.269 e. The number of nitro benzene ring substituents is 2. The van der Waals surface area contributed by atoms with E-state index in [1.54, 1.807) is 36.4 Å². The summed E-state index contributed by atoms with van der Waals surface area (Å²) in [5.74, 6) is -0.122. The maximum atomic E-state index is 12.9. The lowest BCUT2D eigenvalue weighted by atomic mass is 9.90. The fourth-order valence-electron chi connectivity index (χ4n) is 2.91. The molecule has 0 bridgehead atoms. The molecule has 1 unspecified atom stereocenters. The molecule has 2 aromatic carbocycles. The van der Waals surface area contributed by atoms with Crippen molar-refractivity contribution in [3.05, 3.63) is 91.0 Å². The Bertz CT molecular complexity index is 992. The SMILES string of the molecule is CC.CC1NC/C(=C\c2ccc([N+](=O)[O-])cc2)C(=O)/C1=C/c1ccc([N+](=O)[O-])cc1. The lowest BCUT2D eigenvalue weighted by Gasteiger charge is -2.25. The van der Waals surface area contributed by atoms with E-state index in [0.29, 0.717) is 28.8 Å². The van der Waals surface area contributed by atoms with E-state index in [2.05, 4.69) is 5.32 Å². The zero-order valence-corrected chi connectivity index (χ0v) is 17.0. The van der Waals surface area contributed by atoms with Crippen molar-refractivity contribution in [3.8, 4) is 0 Å². The van der Waals surface area contributed by atoms with Gasteiger partial charge in [0.15, 0.2) is 5.78 Å². The van der Waals surface area contributed by atoms with Crippen molar-refractivity contribution in [2.24, 2.45) is 0 Å². The molecule has 0 aromatic heterocycles. The first-order chi connectivity index (χ1) is 14.3. The highest BCUT2D eigenvalue weighted by Gasteiger charge is 2.26. The Labute approximate surface area is 174 Å².